The van der Waals surface area contributed by atoms with Crippen molar-refractivity contribution in [2.75, 3.05) is 31.9 Å². The SMILES string of the molecule is CCS(=O)(=O)N1CCN(C(=O)c2ccsc2)CC1. The Hall–Kier alpha value is -0.920. The van der Waals surface area contributed by atoms with Crippen molar-refractivity contribution in [3.8, 4) is 0 Å². The minimum atomic E-state index is -3.13. The van der Waals surface area contributed by atoms with E-state index in [1.165, 1.54) is 15.6 Å². The molecule has 1 aromatic heterocycles. The van der Waals surface area contributed by atoms with E-state index in [4.69, 9.17) is 0 Å². The highest BCUT2D eigenvalue weighted by atomic mass is 32.2. The van der Waals surface area contributed by atoms with Crippen LogP contribution in [0.2, 0.25) is 0 Å². The van der Waals surface area contributed by atoms with Crippen LogP contribution in [0, 0.1) is 0 Å². The fraction of sp³-hybridized carbons (Fsp3) is 0.545. The van der Waals surface area contributed by atoms with Gasteiger partial charge >= 0.3 is 0 Å². The first-order valence-corrected chi connectivity index (χ1v) is 8.39. The van der Waals surface area contributed by atoms with E-state index >= 15 is 0 Å². The number of nitrogens with zero attached hydrogens (tertiary/aromatic N) is 2. The van der Waals surface area contributed by atoms with Crippen molar-refractivity contribution >= 4 is 27.3 Å². The molecule has 7 heteroatoms. The molecule has 0 unspecified atom stereocenters. The van der Waals surface area contributed by atoms with Gasteiger partial charge in [0.25, 0.3) is 5.91 Å². The van der Waals surface area contributed by atoms with E-state index in [2.05, 4.69) is 0 Å². The minimum Gasteiger partial charge on any atom is -0.336 e. The molecule has 0 N–H and O–H groups in total. The Bertz CT molecular complexity index is 502. The lowest BCUT2D eigenvalue weighted by atomic mass is 10.2. The van der Waals surface area contributed by atoms with Crippen LogP contribution in [-0.4, -0.2) is 55.5 Å². The summed E-state index contributed by atoms with van der Waals surface area (Å²) in [5.74, 6) is 0.107. The summed E-state index contributed by atoms with van der Waals surface area (Å²) < 4.78 is 24.8. The van der Waals surface area contributed by atoms with Gasteiger partial charge in [0.15, 0.2) is 0 Å². The molecule has 2 heterocycles. The molecule has 100 valence electrons. The average Bonchev–Trinajstić information content (AvgIpc) is 2.92. The summed E-state index contributed by atoms with van der Waals surface area (Å²) >= 11 is 1.49. The smallest absolute Gasteiger partial charge is 0.254 e. The molecule has 1 saturated heterocycles. The summed E-state index contributed by atoms with van der Waals surface area (Å²) in [6.45, 7) is 3.36. The molecule has 1 aliphatic rings. The zero-order valence-corrected chi connectivity index (χ0v) is 11.8. The third kappa shape index (κ3) is 2.73. The number of amides is 1. The quantitative estimate of drug-likeness (QED) is 0.829. The van der Waals surface area contributed by atoms with Crippen molar-refractivity contribution in [3.05, 3.63) is 22.4 Å². The molecule has 0 aliphatic carbocycles. The highest BCUT2D eigenvalue weighted by molar-refractivity contribution is 7.89. The first-order chi connectivity index (χ1) is 8.54. The fourth-order valence-electron chi connectivity index (χ4n) is 1.92. The molecule has 1 aromatic rings. The Balaban J connectivity index is 1.97. The van der Waals surface area contributed by atoms with E-state index in [0.29, 0.717) is 31.7 Å². The standard InChI is InChI=1S/C11H16N2O3S2/c1-2-18(15,16)13-6-4-12(5-7-13)11(14)10-3-8-17-9-10/h3,8-9H,2,4-7H2,1H3. The summed E-state index contributed by atoms with van der Waals surface area (Å²) in [5, 5.41) is 3.68. The summed E-state index contributed by atoms with van der Waals surface area (Å²) in [6, 6.07) is 1.79. The van der Waals surface area contributed by atoms with Crippen molar-refractivity contribution in [1.82, 2.24) is 9.21 Å². The number of hydrogen-bond acceptors (Lipinski definition) is 4. The first kappa shape index (κ1) is 13.5. The molecule has 0 saturated carbocycles. The summed E-state index contributed by atoms with van der Waals surface area (Å²) in [4.78, 5) is 13.8. The summed E-state index contributed by atoms with van der Waals surface area (Å²) in [5.41, 5.74) is 0.687. The highest BCUT2D eigenvalue weighted by Gasteiger charge is 2.27. The van der Waals surface area contributed by atoms with Gasteiger partial charge in [-0.3, -0.25) is 4.79 Å². The van der Waals surface area contributed by atoms with E-state index in [1.54, 1.807) is 17.9 Å². The Morgan fingerprint density at radius 3 is 2.50 bits per heavy atom. The Kier molecular flexibility index (Phi) is 4.04. The van der Waals surface area contributed by atoms with Crippen molar-refractivity contribution in [1.29, 1.82) is 0 Å². The van der Waals surface area contributed by atoms with Crippen LogP contribution in [-0.2, 0) is 10.0 Å². The van der Waals surface area contributed by atoms with Crippen LogP contribution in [0.15, 0.2) is 16.8 Å². The van der Waals surface area contributed by atoms with E-state index in [0.717, 1.165) is 0 Å². The van der Waals surface area contributed by atoms with Gasteiger partial charge in [-0.05, 0) is 18.4 Å². The molecule has 1 aliphatic heterocycles. The molecule has 2 rings (SSSR count). The average molecular weight is 288 g/mol. The number of hydrogen-bond donors (Lipinski definition) is 0. The van der Waals surface area contributed by atoms with Gasteiger partial charge in [0.05, 0.1) is 11.3 Å². The molecule has 5 nitrogen and oxygen atoms in total. The molecule has 0 bridgehead atoms. The van der Waals surface area contributed by atoms with E-state index < -0.39 is 10.0 Å². The molecule has 18 heavy (non-hydrogen) atoms. The Morgan fingerprint density at radius 2 is 2.00 bits per heavy atom. The normalized spacial score (nSPS) is 17.9. The lowest BCUT2D eigenvalue weighted by Gasteiger charge is -2.33. The monoisotopic (exact) mass is 288 g/mol. The predicted octanol–water partition coefficient (Wildman–Crippen LogP) is 0.856. The Morgan fingerprint density at radius 1 is 1.33 bits per heavy atom. The topological polar surface area (TPSA) is 57.7 Å². The zero-order valence-electron chi connectivity index (χ0n) is 10.2. The molecular weight excluding hydrogens is 272 g/mol. The zero-order chi connectivity index (χ0) is 13.2. The second-order valence-corrected chi connectivity index (χ2v) is 7.14. The van der Waals surface area contributed by atoms with Crippen molar-refractivity contribution in [2.24, 2.45) is 0 Å². The van der Waals surface area contributed by atoms with Gasteiger partial charge in [0, 0.05) is 31.6 Å². The molecule has 0 radical (unpaired) electrons. The van der Waals surface area contributed by atoms with Gasteiger partial charge in [-0.25, -0.2) is 8.42 Å². The summed E-state index contributed by atoms with van der Waals surface area (Å²) in [7, 11) is -3.13. The van der Waals surface area contributed by atoms with Gasteiger partial charge in [-0.2, -0.15) is 15.6 Å². The maximum atomic E-state index is 12.1. The molecule has 0 atom stereocenters. The fourth-order valence-corrected chi connectivity index (χ4v) is 3.64. The highest BCUT2D eigenvalue weighted by Crippen LogP contribution is 2.13. The van der Waals surface area contributed by atoms with Crippen LogP contribution in [0.4, 0.5) is 0 Å². The van der Waals surface area contributed by atoms with Crippen LogP contribution in [0.5, 0.6) is 0 Å². The van der Waals surface area contributed by atoms with Gasteiger partial charge in [0.2, 0.25) is 10.0 Å². The van der Waals surface area contributed by atoms with E-state index in [-0.39, 0.29) is 11.7 Å². The van der Waals surface area contributed by atoms with Gasteiger partial charge in [-0.15, -0.1) is 0 Å². The number of rotatable bonds is 3. The Labute approximate surface area is 111 Å². The lowest BCUT2D eigenvalue weighted by molar-refractivity contribution is 0.0698. The third-order valence-corrected chi connectivity index (χ3v) is 5.62. The third-order valence-electron chi connectivity index (χ3n) is 3.05. The molecule has 1 amide bonds. The van der Waals surface area contributed by atoms with E-state index in [9.17, 15) is 13.2 Å². The maximum absolute atomic E-state index is 12.1. The number of piperazine rings is 1. The second kappa shape index (κ2) is 5.38. The molecule has 0 aromatic carbocycles. The number of thiophene rings is 1. The lowest BCUT2D eigenvalue weighted by Crippen LogP contribution is -2.50. The number of carbonyl (C=O) groups is 1. The van der Waals surface area contributed by atoms with Gasteiger partial charge < -0.3 is 4.90 Å². The number of sulfonamides is 1. The molecular formula is C11H16N2O3S2. The van der Waals surface area contributed by atoms with Crippen molar-refractivity contribution in [3.63, 3.8) is 0 Å². The molecule has 0 spiro atoms. The van der Waals surface area contributed by atoms with E-state index in [1.807, 2.05) is 10.8 Å². The van der Waals surface area contributed by atoms with Gasteiger partial charge in [-0.1, -0.05) is 0 Å². The number of carbonyl (C=O) groups excluding carboxylic acids is 1. The van der Waals surface area contributed by atoms with Crippen LogP contribution in [0.1, 0.15) is 17.3 Å². The van der Waals surface area contributed by atoms with Crippen molar-refractivity contribution < 1.29 is 13.2 Å². The van der Waals surface area contributed by atoms with Crippen molar-refractivity contribution in [2.45, 2.75) is 6.92 Å². The first-order valence-electron chi connectivity index (χ1n) is 5.84. The van der Waals surface area contributed by atoms with Crippen LogP contribution in [0.25, 0.3) is 0 Å². The van der Waals surface area contributed by atoms with Gasteiger partial charge in [0.1, 0.15) is 0 Å². The van der Waals surface area contributed by atoms with Crippen LogP contribution < -0.4 is 0 Å². The largest absolute Gasteiger partial charge is 0.336 e. The summed E-state index contributed by atoms with van der Waals surface area (Å²) in [6.07, 6.45) is 0. The van der Waals surface area contributed by atoms with Crippen LogP contribution >= 0.6 is 11.3 Å². The molecule has 1 fully saturated rings. The maximum Gasteiger partial charge on any atom is 0.254 e. The predicted molar refractivity (Wildman–Crippen MR) is 71.3 cm³/mol. The second-order valence-electron chi connectivity index (χ2n) is 4.10. The minimum absolute atomic E-state index is 0.00945. The van der Waals surface area contributed by atoms with Crippen LogP contribution in [0.3, 0.4) is 0 Å².